The molecule has 7 heteroatoms. The van der Waals surface area contributed by atoms with Crippen molar-refractivity contribution in [2.24, 2.45) is 0 Å². The molecule has 0 spiro atoms. The second kappa shape index (κ2) is 5.60. The van der Waals surface area contributed by atoms with E-state index in [1.165, 1.54) is 0 Å². The van der Waals surface area contributed by atoms with Gasteiger partial charge in [-0.1, -0.05) is 0 Å². The van der Waals surface area contributed by atoms with E-state index in [-0.39, 0.29) is 0 Å². The van der Waals surface area contributed by atoms with E-state index in [1.807, 2.05) is 32.9 Å². The van der Waals surface area contributed by atoms with E-state index in [1.54, 1.807) is 22.9 Å². The lowest BCUT2D eigenvalue weighted by molar-refractivity contribution is 0.210. The number of rotatable bonds is 3. The highest BCUT2D eigenvalue weighted by atomic mass is 16.4. The van der Waals surface area contributed by atoms with Crippen molar-refractivity contribution in [2.75, 3.05) is 5.32 Å². The van der Waals surface area contributed by atoms with Crippen molar-refractivity contribution >= 4 is 11.8 Å². The summed E-state index contributed by atoms with van der Waals surface area (Å²) in [5.74, 6) is 1.84. The van der Waals surface area contributed by atoms with Crippen molar-refractivity contribution in [2.45, 2.75) is 20.8 Å². The van der Waals surface area contributed by atoms with Gasteiger partial charge in [-0.2, -0.15) is 5.10 Å². The third kappa shape index (κ3) is 3.08. The summed E-state index contributed by atoms with van der Waals surface area (Å²) in [5.41, 5.74) is 2.70. The number of aryl methyl sites for hydroxylation is 3. The van der Waals surface area contributed by atoms with Gasteiger partial charge in [0, 0.05) is 11.8 Å². The molecular formula is C16H16N4O3. The lowest BCUT2D eigenvalue weighted by Crippen LogP contribution is -2.10. The molecule has 1 amide bonds. The van der Waals surface area contributed by atoms with E-state index in [4.69, 9.17) is 9.52 Å². The summed E-state index contributed by atoms with van der Waals surface area (Å²) in [6, 6.07) is 8.81. The molecule has 0 unspecified atom stereocenters. The maximum absolute atomic E-state index is 11.0. The van der Waals surface area contributed by atoms with Crippen molar-refractivity contribution in [1.82, 2.24) is 14.8 Å². The summed E-state index contributed by atoms with van der Waals surface area (Å²) >= 11 is 0. The van der Waals surface area contributed by atoms with Crippen LogP contribution in [0.15, 0.2) is 34.7 Å². The average molecular weight is 312 g/mol. The van der Waals surface area contributed by atoms with Crippen LogP contribution in [-0.4, -0.2) is 26.0 Å². The molecule has 3 heterocycles. The van der Waals surface area contributed by atoms with Gasteiger partial charge in [0.05, 0.1) is 11.4 Å². The molecule has 118 valence electrons. The zero-order chi connectivity index (χ0) is 16.6. The van der Waals surface area contributed by atoms with Gasteiger partial charge in [-0.05, 0) is 45.0 Å². The first-order valence-electron chi connectivity index (χ1n) is 7.05. The lowest BCUT2D eigenvalue weighted by atomic mass is 10.2. The van der Waals surface area contributed by atoms with Crippen LogP contribution in [0.25, 0.3) is 17.3 Å². The van der Waals surface area contributed by atoms with E-state index in [9.17, 15) is 4.79 Å². The zero-order valence-corrected chi connectivity index (χ0v) is 13.0. The summed E-state index contributed by atoms with van der Waals surface area (Å²) in [6.07, 6.45) is -1.14. The van der Waals surface area contributed by atoms with Gasteiger partial charge in [0.2, 0.25) is 0 Å². The fourth-order valence-corrected chi connectivity index (χ4v) is 2.38. The average Bonchev–Trinajstić information content (AvgIpc) is 3.03. The highest BCUT2D eigenvalue weighted by Crippen LogP contribution is 2.25. The number of carbonyl (C=O) groups is 1. The molecular weight excluding hydrogens is 296 g/mol. The Balaban J connectivity index is 2.15. The Hall–Kier alpha value is -3.09. The van der Waals surface area contributed by atoms with Crippen molar-refractivity contribution in [3.63, 3.8) is 0 Å². The Labute approximate surface area is 132 Å². The van der Waals surface area contributed by atoms with Crippen molar-refractivity contribution in [3.8, 4) is 17.3 Å². The van der Waals surface area contributed by atoms with Crippen LogP contribution in [-0.2, 0) is 0 Å². The van der Waals surface area contributed by atoms with Crippen molar-refractivity contribution in [1.29, 1.82) is 0 Å². The minimum atomic E-state index is -1.14. The number of hydrogen-bond donors (Lipinski definition) is 2. The number of anilines is 1. The summed E-state index contributed by atoms with van der Waals surface area (Å²) in [4.78, 5) is 15.5. The highest BCUT2D eigenvalue weighted by Gasteiger charge is 2.13. The molecule has 0 fully saturated rings. The minimum absolute atomic E-state index is 0.402. The molecule has 0 aliphatic rings. The van der Waals surface area contributed by atoms with Gasteiger partial charge in [-0.3, -0.25) is 5.32 Å². The van der Waals surface area contributed by atoms with Crippen molar-refractivity contribution in [3.05, 3.63) is 47.5 Å². The second-order valence-corrected chi connectivity index (χ2v) is 5.28. The predicted octanol–water partition coefficient (Wildman–Crippen LogP) is 3.54. The number of amides is 1. The van der Waals surface area contributed by atoms with Gasteiger partial charge in [-0.15, -0.1) is 0 Å². The number of hydrogen-bond acceptors (Lipinski definition) is 4. The van der Waals surface area contributed by atoms with Gasteiger partial charge in [0.25, 0.3) is 0 Å². The molecule has 0 aliphatic carbocycles. The van der Waals surface area contributed by atoms with Crippen molar-refractivity contribution < 1.29 is 14.3 Å². The maximum atomic E-state index is 11.0. The Morgan fingerprint density at radius 2 is 2.00 bits per heavy atom. The number of carboxylic acid groups (broad SMARTS) is 1. The normalized spacial score (nSPS) is 10.7. The number of pyridine rings is 1. The molecule has 0 radical (unpaired) electrons. The summed E-state index contributed by atoms with van der Waals surface area (Å²) in [5, 5.41) is 15.7. The van der Waals surface area contributed by atoms with Gasteiger partial charge >= 0.3 is 6.09 Å². The topological polar surface area (TPSA) is 93.2 Å². The first kappa shape index (κ1) is 14.8. The van der Waals surface area contributed by atoms with Crippen LogP contribution in [0.5, 0.6) is 0 Å². The predicted molar refractivity (Wildman–Crippen MR) is 84.9 cm³/mol. The van der Waals surface area contributed by atoms with Crippen LogP contribution in [0, 0.1) is 20.8 Å². The number of aromatic nitrogens is 3. The molecule has 2 N–H and O–H groups in total. The van der Waals surface area contributed by atoms with Crippen LogP contribution < -0.4 is 5.32 Å². The molecule has 0 bridgehead atoms. The van der Waals surface area contributed by atoms with E-state index >= 15 is 0 Å². The smallest absolute Gasteiger partial charge is 0.409 e. The highest BCUT2D eigenvalue weighted by molar-refractivity contribution is 5.84. The van der Waals surface area contributed by atoms with E-state index in [0.717, 1.165) is 17.1 Å². The van der Waals surface area contributed by atoms with Crippen LogP contribution in [0.1, 0.15) is 17.1 Å². The molecule has 0 atom stereocenters. The largest absolute Gasteiger partial charge is 0.465 e. The molecule has 3 aromatic rings. The monoisotopic (exact) mass is 312 g/mol. The first-order valence-corrected chi connectivity index (χ1v) is 7.05. The first-order chi connectivity index (χ1) is 10.9. The third-order valence-electron chi connectivity index (χ3n) is 3.28. The Bertz CT molecular complexity index is 879. The molecule has 0 aromatic carbocycles. The van der Waals surface area contributed by atoms with Crippen LogP contribution in [0.3, 0.4) is 0 Å². The number of nitrogens with one attached hydrogen (secondary N) is 1. The Kier molecular flexibility index (Phi) is 3.61. The molecule has 0 saturated heterocycles. The standard InChI is InChI=1S/C16H16N4O3/c1-9-6-10(2)20(19-9)15-8-12(17-16(21)22)7-13(18-15)14-5-4-11(3)23-14/h4-8H,1-3H3,(H,17,18)(H,21,22). The minimum Gasteiger partial charge on any atom is -0.465 e. The Morgan fingerprint density at radius 1 is 1.22 bits per heavy atom. The molecule has 3 rings (SSSR count). The molecule has 0 saturated carbocycles. The molecule has 3 aromatic heterocycles. The SMILES string of the molecule is Cc1cc(C)n(-c2cc(NC(=O)O)cc(-c3ccc(C)o3)n2)n1. The Morgan fingerprint density at radius 3 is 2.57 bits per heavy atom. The third-order valence-corrected chi connectivity index (χ3v) is 3.28. The fourth-order valence-electron chi connectivity index (χ4n) is 2.38. The van der Waals surface area contributed by atoms with Gasteiger partial charge in [-0.25, -0.2) is 14.5 Å². The summed E-state index contributed by atoms with van der Waals surface area (Å²) in [6.45, 7) is 5.64. The van der Waals surface area contributed by atoms with Gasteiger partial charge < -0.3 is 9.52 Å². The summed E-state index contributed by atoms with van der Waals surface area (Å²) in [7, 11) is 0. The van der Waals surface area contributed by atoms with Crippen LogP contribution >= 0.6 is 0 Å². The second-order valence-electron chi connectivity index (χ2n) is 5.28. The lowest BCUT2D eigenvalue weighted by Gasteiger charge is -2.09. The van der Waals surface area contributed by atoms with E-state index < -0.39 is 6.09 Å². The summed E-state index contributed by atoms with van der Waals surface area (Å²) < 4.78 is 7.26. The van der Waals surface area contributed by atoms with E-state index in [2.05, 4.69) is 15.4 Å². The van der Waals surface area contributed by atoms with Gasteiger partial charge in [0.15, 0.2) is 11.6 Å². The molecule has 0 aliphatic heterocycles. The van der Waals surface area contributed by atoms with Crippen LogP contribution in [0.4, 0.5) is 10.5 Å². The van der Waals surface area contributed by atoms with E-state index in [0.29, 0.717) is 23.0 Å². The quantitative estimate of drug-likeness (QED) is 0.771. The molecule has 23 heavy (non-hydrogen) atoms. The zero-order valence-electron chi connectivity index (χ0n) is 13.0. The number of furan rings is 1. The van der Waals surface area contributed by atoms with Gasteiger partial charge in [0.1, 0.15) is 11.5 Å². The fraction of sp³-hybridized carbons (Fsp3) is 0.188. The maximum Gasteiger partial charge on any atom is 0.409 e. The molecule has 7 nitrogen and oxygen atoms in total. The number of nitrogens with zero attached hydrogens (tertiary/aromatic N) is 3. The van der Waals surface area contributed by atoms with Crippen LogP contribution in [0.2, 0.25) is 0 Å².